The van der Waals surface area contributed by atoms with Crippen LogP contribution in [0.1, 0.15) is 17.4 Å². The standard InChI is InChI=1S/C20H18FN3O3/c1-13-11-18(16-3-2-4-17(24(25)26)20(16)22-13)23-9-10-27-19(12-23)14-5-7-15(21)8-6-14/h2-8,11,19H,9-10,12H2,1H3. The predicted octanol–water partition coefficient (Wildman–Crippen LogP) is 4.17. The molecule has 2 aromatic carbocycles. The summed E-state index contributed by atoms with van der Waals surface area (Å²) in [5.74, 6) is -0.283. The summed E-state index contributed by atoms with van der Waals surface area (Å²) in [6.45, 7) is 3.59. The summed E-state index contributed by atoms with van der Waals surface area (Å²) >= 11 is 0. The molecule has 0 saturated carbocycles. The van der Waals surface area contributed by atoms with E-state index in [2.05, 4.69) is 9.88 Å². The summed E-state index contributed by atoms with van der Waals surface area (Å²) in [7, 11) is 0. The molecule has 1 saturated heterocycles. The first kappa shape index (κ1) is 17.4. The molecule has 1 fully saturated rings. The topological polar surface area (TPSA) is 68.5 Å². The Morgan fingerprint density at radius 1 is 1.26 bits per heavy atom. The lowest BCUT2D eigenvalue weighted by atomic mass is 10.1. The Labute approximate surface area is 155 Å². The quantitative estimate of drug-likeness (QED) is 0.513. The number of halogens is 1. The van der Waals surface area contributed by atoms with Crippen LogP contribution < -0.4 is 4.90 Å². The Morgan fingerprint density at radius 3 is 2.78 bits per heavy atom. The summed E-state index contributed by atoms with van der Waals surface area (Å²) < 4.78 is 19.1. The van der Waals surface area contributed by atoms with Crippen molar-refractivity contribution in [2.75, 3.05) is 24.6 Å². The van der Waals surface area contributed by atoms with Crippen molar-refractivity contribution in [2.24, 2.45) is 0 Å². The smallest absolute Gasteiger partial charge is 0.295 e. The normalized spacial score (nSPS) is 17.3. The number of nitro benzene ring substituents is 1. The van der Waals surface area contributed by atoms with E-state index in [0.29, 0.717) is 25.2 Å². The molecule has 0 bridgehead atoms. The van der Waals surface area contributed by atoms with Gasteiger partial charge < -0.3 is 9.64 Å². The molecule has 4 rings (SSSR count). The van der Waals surface area contributed by atoms with Crippen molar-refractivity contribution in [3.8, 4) is 0 Å². The number of non-ortho nitro benzene ring substituents is 1. The molecule has 6 nitrogen and oxygen atoms in total. The SMILES string of the molecule is Cc1cc(N2CCOC(c3ccc(F)cc3)C2)c2cccc([N+](=O)[O-])c2n1. The van der Waals surface area contributed by atoms with Gasteiger partial charge in [-0.3, -0.25) is 10.1 Å². The highest BCUT2D eigenvalue weighted by Crippen LogP contribution is 2.34. The van der Waals surface area contributed by atoms with Gasteiger partial charge in [-0.15, -0.1) is 0 Å². The molecule has 1 aliphatic rings. The molecule has 0 N–H and O–H groups in total. The Morgan fingerprint density at radius 2 is 2.04 bits per heavy atom. The summed E-state index contributed by atoms with van der Waals surface area (Å²) in [5.41, 5.74) is 2.92. The Bertz CT molecular complexity index is 1010. The Balaban J connectivity index is 1.74. The van der Waals surface area contributed by atoms with Gasteiger partial charge in [0.25, 0.3) is 5.69 Å². The minimum atomic E-state index is -0.404. The van der Waals surface area contributed by atoms with Crippen molar-refractivity contribution in [1.29, 1.82) is 0 Å². The van der Waals surface area contributed by atoms with Crippen LogP contribution in [0.5, 0.6) is 0 Å². The zero-order valence-corrected chi connectivity index (χ0v) is 14.8. The molecule has 0 amide bonds. The van der Waals surface area contributed by atoms with Gasteiger partial charge in [0, 0.05) is 35.9 Å². The van der Waals surface area contributed by atoms with Crippen LogP contribution >= 0.6 is 0 Å². The zero-order valence-electron chi connectivity index (χ0n) is 14.8. The molecule has 1 unspecified atom stereocenters. The monoisotopic (exact) mass is 367 g/mol. The summed E-state index contributed by atoms with van der Waals surface area (Å²) in [6, 6.07) is 13.2. The minimum Gasteiger partial charge on any atom is -0.370 e. The largest absolute Gasteiger partial charge is 0.370 e. The van der Waals surface area contributed by atoms with Gasteiger partial charge in [-0.2, -0.15) is 0 Å². The van der Waals surface area contributed by atoms with Gasteiger partial charge in [0.05, 0.1) is 11.5 Å². The van der Waals surface area contributed by atoms with Gasteiger partial charge in [0.1, 0.15) is 11.9 Å². The highest BCUT2D eigenvalue weighted by molar-refractivity contribution is 5.97. The Hall–Kier alpha value is -3.06. The minimum absolute atomic E-state index is 0.000735. The number of aryl methyl sites for hydroxylation is 1. The van der Waals surface area contributed by atoms with E-state index in [1.54, 1.807) is 18.2 Å². The van der Waals surface area contributed by atoms with Gasteiger partial charge in [0.15, 0.2) is 5.52 Å². The number of ether oxygens (including phenoxy) is 1. The second-order valence-electron chi connectivity index (χ2n) is 6.57. The van der Waals surface area contributed by atoms with E-state index in [1.807, 2.05) is 19.1 Å². The second-order valence-corrected chi connectivity index (χ2v) is 6.57. The van der Waals surface area contributed by atoms with Crippen LogP contribution in [0.25, 0.3) is 10.9 Å². The number of hydrogen-bond donors (Lipinski definition) is 0. The van der Waals surface area contributed by atoms with Gasteiger partial charge in [-0.1, -0.05) is 24.3 Å². The van der Waals surface area contributed by atoms with E-state index in [4.69, 9.17) is 4.74 Å². The van der Waals surface area contributed by atoms with E-state index in [0.717, 1.165) is 22.3 Å². The van der Waals surface area contributed by atoms with Crippen LogP contribution in [0.15, 0.2) is 48.5 Å². The fraction of sp³-hybridized carbons (Fsp3) is 0.250. The maximum absolute atomic E-state index is 13.2. The third-order valence-corrected chi connectivity index (χ3v) is 4.77. The maximum atomic E-state index is 13.2. The number of nitrogens with zero attached hydrogens (tertiary/aromatic N) is 3. The summed E-state index contributed by atoms with van der Waals surface area (Å²) in [5, 5.41) is 12.1. The molecule has 0 radical (unpaired) electrons. The fourth-order valence-corrected chi connectivity index (χ4v) is 3.50. The number of aromatic nitrogens is 1. The molecule has 27 heavy (non-hydrogen) atoms. The molecule has 0 spiro atoms. The number of hydrogen-bond acceptors (Lipinski definition) is 5. The average Bonchev–Trinajstić information content (AvgIpc) is 2.67. The van der Waals surface area contributed by atoms with Crippen LogP contribution in [-0.4, -0.2) is 29.6 Å². The van der Waals surface area contributed by atoms with Crippen molar-refractivity contribution in [3.63, 3.8) is 0 Å². The Kier molecular flexibility index (Phi) is 4.45. The molecule has 0 aliphatic carbocycles. The number of fused-ring (bicyclic) bond motifs is 1. The van der Waals surface area contributed by atoms with Gasteiger partial charge >= 0.3 is 0 Å². The fourth-order valence-electron chi connectivity index (χ4n) is 3.50. The van der Waals surface area contributed by atoms with Crippen LogP contribution in [-0.2, 0) is 4.74 Å². The number of anilines is 1. The molecular weight excluding hydrogens is 349 g/mol. The first-order valence-corrected chi connectivity index (χ1v) is 8.70. The van der Waals surface area contributed by atoms with Crippen molar-refractivity contribution < 1.29 is 14.1 Å². The van der Waals surface area contributed by atoms with Gasteiger partial charge in [0.2, 0.25) is 0 Å². The number of pyridine rings is 1. The zero-order chi connectivity index (χ0) is 19.0. The molecule has 1 aromatic heterocycles. The number of para-hydroxylation sites is 1. The van der Waals surface area contributed by atoms with Crippen LogP contribution in [0.4, 0.5) is 15.8 Å². The number of rotatable bonds is 3. The van der Waals surface area contributed by atoms with Crippen molar-refractivity contribution >= 4 is 22.3 Å². The van der Waals surface area contributed by atoms with E-state index >= 15 is 0 Å². The van der Waals surface area contributed by atoms with Crippen LogP contribution in [0.3, 0.4) is 0 Å². The molecule has 1 aliphatic heterocycles. The first-order chi connectivity index (χ1) is 13.0. The molecule has 1 atom stereocenters. The summed E-state index contributed by atoms with van der Waals surface area (Å²) in [4.78, 5) is 17.5. The molecular formula is C20H18FN3O3. The predicted molar refractivity (Wildman–Crippen MR) is 100 cm³/mol. The lowest BCUT2D eigenvalue weighted by molar-refractivity contribution is -0.383. The maximum Gasteiger partial charge on any atom is 0.295 e. The van der Waals surface area contributed by atoms with E-state index < -0.39 is 4.92 Å². The van der Waals surface area contributed by atoms with Crippen LogP contribution in [0.2, 0.25) is 0 Å². The van der Waals surface area contributed by atoms with Crippen molar-refractivity contribution in [3.05, 3.63) is 75.7 Å². The molecule has 138 valence electrons. The number of benzene rings is 2. The van der Waals surface area contributed by atoms with Gasteiger partial charge in [-0.25, -0.2) is 9.37 Å². The molecule has 7 heteroatoms. The molecule has 2 heterocycles. The van der Waals surface area contributed by atoms with Gasteiger partial charge in [-0.05, 0) is 30.7 Å². The second kappa shape index (κ2) is 6.92. The number of nitro groups is 1. The third kappa shape index (κ3) is 3.33. The van der Waals surface area contributed by atoms with Crippen molar-refractivity contribution in [2.45, 2.75) is 13.0 Å². The lowest BCUT2D eigenvalue weighted by Gasteiger charge is -2.35. The summed E-state index contributed by atoms with van der Waals surface area (Å²) in [6.07, 6.45) is -0.193. The average molecular weight is 367 g/mol. The third-order valence-electron chi connectivity index (χ3n) is 4.77. The first-order valence-electron chi connectivity index (χ1n) is 8.70. The van der Waals surface area contributed by atoms with E-state index in [-0.39, 0.29) is 17.6 Å². The molecule has 3 aromatic rings. The highest BCUT2D eigenvalue weighted by Gasteiger charge is 2.25. The van der Waals surface area contributed by atoms with E-state index in [9.17, 15) is 14.5 Å². The lowest BCUT2D eigenvalue weighted by Crippen LogP contribution is -2.38. The number of morpholine rings is 1. The van der Waals surface area contributed by atoms with E-state index in [1.165, 1.54) is 18.2 Å². The van der Waals surface area contributed by atoms with Crippen molar-refractivity contribution in [1.82, 2.24) is 4.98 Å². The van der Waals surface area contributed by atoms with Crippen LogP contribution in [0, 0.1) is 22.9 Å². The highest BCUT2D eigenvalue weighted by atomic mass is 19.1.